The Morgan fingerprint density at radius 2 is 2.06 bits per heavy atom. The SMILES string of the molecule is N=C(N)c1cc(Br)ccc1N1CCOCC1. The zero-order valence-electron chi connectivity index (χ0n) is 8.87. The average Bonchev–Trinajstić information content (AvgIpc) is 2.30. The van der Waals surface area contributed by atoms with Gasteiger partial charge in [-0.25, -0.2) is 0 Å². The van der Waals surface area contributed by atoms with Crippen molar-refractivity contribution in [2.75, 3.05) is 31.2 Å². The molecule has 0 spiro atoms. The van der Waals surface area contributed by atoms with Crippen molar-refractivity contribution in [1.82, 2.24) is 0 Å². The summed E-state index contributed by atoms with van der Waals surface area (Å²) in [7, 11) is 0. The van der Waals surface area contributed by atoms with E-state index >= 15 is 0 Å². The highest BCUT2D eigenvalue weighted by molar-refractivity contribution is 9.10. The first-order valence-corrected chi connectivity index (χ1v) is 5.94. The largest absolute Gasteiger partial charge is 0.384 e. The van der Waals surface area contributed by atoms with E-state index in [1.807, 2.05) is 18.2 Å². The number of nitrogens with one attached hydrogen (secondary N) is 1. The second-order valence-electron chi connectivity index (χ2n) is 3.67. The summed E-state index contributed by atoms with van der Waals surface area (Å²) in [5.74, 6) is 0.0998. The van der Waals surface area contributed by atoms with E-state index in [0.29, 0.717) is 0 Å². The summed E-state index contributed by atoms with van der Waals surface area (Å²) in [6, 6.07) is 5.84. The molecule has 5 heteroatoms. The number of amidine groups is 1. The van der Waals surface area contributed by atoms with Gasteiger partial charge in [-0.3, -0.25) is 5.41 Å². The van der Waals surface area contributed by atoms with Crippen LogP contribution in [0.25, 0.3) is 0 Å². The van der Waals surface area contributed by atoms with Crippen molar-refractivity contribution in [3.8, 4) is 0 Å². The summed E-state index contributed by atoms with van der Waals surface area (Å²) < 4.78 is 6.25. The Hall–Kier alpha value is -1.07. The molecule has 86 valence electrons. The zero-order valence-corrected chi connectivity index (χ0v) is 10.5. The first kappa shape index (κ1) is 11.4. The quantitative estimate of drug-likeness (QED) is 0.640. The third-order valence-corrected chi connectivity index (χ3v) is 3.09. The number of rotatable bonds is 2. The summed E-state index contributed by atoms with van der Waals surface area (Å²) in [6.07, 6.45) is 0. The fourth-order valence-electron chi connectivity index (χ4n) is 1.80. The molecular formula is C11H14BrN3O. The van der Waals surface area contributed by atoms with Gasteiger partial charge >= 0.3 is 0 Å². The minimum absolute atomic E-state index is 0.0998. The van der Waals surface area contributed by atoms with Crippen LogP contribution in [0, 0.1) is 5.41 Å². The van der Waals surface area contributed by atoms with E-state index in [2.05, 4.69) is 20.8 Å². The van der Waals surface area contributed by atoms with Crippen LogP contribution in [0.4, 0.5) is 5.69 Å². The molecule has 1 saturated heterocycles. The fraction of sp³-hybridized carbons (Fsp3) is 0.364. The molecule has 2 rings (SSSR count). The van der Waals surface area contributed by atoms with Gasteiger partial charge in [0, 0.05) is 28.8 Å². The van der Waals surface area contributed by atoms with Gasteiger partial charge in [0.15, 0.2) is 0 Å². The standard InChI is InChI=1S/C11H14BrN3O/c12-8-1-2-10(9(7-8)11(13)14)15-3-5-16-6-4-15/h1-2,7H,3-6H2,(H3,13,14). The second-order valence-corrected chi connectivity index (χ2v) is 4.59. The number of ether oxygens (including phenoxy) is 1. The number of nitrogens with two attached hydrogens (primary N) is 1. The number of morpholine rings is 1. The molecule has 0 saturated carbocycles. The van der Waals surface area contributed by atoms with E-state index in [1.54, 1.807) is 0 Å². The smallest absolute Gasteiger partial charge is 0.124 e. The predicted octanol–water partition coefficient (Wildman–Crippen LogP) is 1.57. The van der Waals surface area contributed by atoms with E-state index in [9.17, 15) is 0 Å². The first-order valence-electron chi connectivity index (χ1n) is 5.15. The Morgan fingerprint density at radius 3 is 2.69 bits per heavy atom. The normalized spacial score (nSPS) is 16.2. The molecule has 1 aliphatic rings. The molecule has 0 unspecified atom stereocenters. The molecule has 0 atom stereocenters. The van der Waals surface area contributed by atoms with Crippen molar-refractivity contribution in [3.05, 3.63) is 28.2 Å². The molecule has 16 heavy (non-hydrogen) atoms. The highest BCUT2D eigenvalue weighted by Gasteiger charge is 2.16. The van der Waals surface area contributed by atoms with Crippen molar-refractivity contribution in [2.45, 2.75) is 0 Å². The van der Waals surface area contributed by atoms with Crippen LogP contribution in [0.15, 0.2) is 22.7 Å². The number of nitrogens with zero attached hydrogens (tertiary/aromatic N) is 1. The Kier molecular flexibility index (Phi) is 3.46. The Balaban J connectivity index is 2.34. The number of anilines is 1. The van der Waals surface area contributed by atoms with Crippen LogP contribution in [0.1, 0.15) is 5.56 Å². The summed E-state index contributed by atoms with van der Waals surface area (Å²) in [5.41, 5.74) is 7.38. The van der Waals surface area contributed by atoms with Crippen molar-refractivity contribution in [2.24, 2.45) is 5.73 Å². The first-order chi connectivity index (χ1) is 7.68. The molecule has 0 aliphatic carbocycles. The summed E-state index contributed by atoms with van der Waals surface area (Å²) in [4.78, 5) is 2.20. The third kappa shape index (κ3) is 2.36. The van der Waals surface area contributed by atoms with Crippen molar-refractivity contribution in [1.29, 1.82) is 5.41 Å². The van der Waals surface area contributed by atoms with Gasteiger partial charge in [-0.1, -0.05) is 15.9 Å². The summed E-state index contributed by atoms with van der Waals surface area (Å²) in [5, 5.41) is 7.59. The van der Waals surface area contributed by atoms with Crippen LogP contribution in [0.3, 0.4) is 0 Å². The minimum Gasteiger partial charge on any atom is -0.384 e. The Morgan fingerprint density at radius 1 is 1.38 bits per heavy atom. The van der Waals surface area contributed by atoms with Crippen LogP contribution < -0.4 is 10.6 Å². The van der Waals surface area contributed by atoms with Gasteiger partial charge < -0.3 is 15.4 Å². The number of halogens is 1. The fourth-order valence-corrected chi connectivity index (χ4v) is 2.17. The molecule has 1 heterocycles. The van der Waals surface area contributed by atoms with Crippen LogP contribution in [0.2, 0.25) is 0 Å². The molecule has 0 aromatic heterocycles. The van der Waals surface area contributed by atoms with Crippen molar-refractivity contribution in [3.63, 3.8) is 0 Å². The predicted molar refractivity (Wildman–Crippen MR) is 68.2 cm³/mol. The minimum atomic E-state index is 0.0998. The topological polar surface area (TPSA) is 62.3 Å². The van der Waals surface area contributed by atoms with Gasteiger partial charge in [-0.2, -0.15) is 0 Å². The van der Waals surface area contributed by atoms with Gasteiger partial charge in [0.2, 0.25) is 0 Å². The molecule has 0 amide bonds. The van der Waals surface area contributed by atoms with Gasteiger partial charge in [0.05, 0.1) is 13.2 Å². The van der Waals surface area contributed by atoms with Crippen LogP contribution in [-0.2, 0) is 4.74 Å². The van der Waals surface area contributed by atoms with E-state index < -0.39 is 0 Å². The maximum atomic E-state index is 7.59. The number of hydrogen-bond donors (Lipinski definition) is 2. The zero-order chi connectivity index (χ0) is 11.5. The lowest BCUT2D eigenvalue weighted by atomic mass is 10.1. The van der Waals surface area contributed by atoms with Crippen molar-refractivity contribution >= 4 is 27.5 Å². The van der Waals surface area contributed by atoms with E-state index in [0.717, 1.165) is 42.0 Å². The summed E-state index contributed by atoms with van der Waals surface area (Å²) in [6.45, 7) is 3.16. The number of benzene rings is 1. The van der Waals surface area contributed by atoms with E-state index in [-0.39, 0.29) is 5.84 Å². The lowest BCUT2D eigenvalue weighted by Gasteiger charge is -2.30. The molecule has 1 aliphatic heterocycles. The average molecular weight is 284 g/mol. The van der Waals surface area contributed by atoms with E-state index in [1.165, 1.54) is 0 Å². The van der Waals surface area contributed by atoms with Gasteiger partial charge in [0.1, 0.15) is 5.84 Å². The molecule has 1 aromatic carbocycles. The maximum Gasteiger partial charge on any atom is 0.124 e. The van der Waals surface area contributed by atoms with Gasteiger partial charge in [-0.05, 0) is 18.2 Å². The molecule has 3 N–H and O–H groups in total. The summed E-state index contributed by atoms with van der Waals surface area (Å²) >= 11 is 3.39. The van der Waals surface area contributed by atoms with Gasteiger partial charge in [0.25, 0.3) is 0 Å². The maximum absolute atomic E-state index is 7.59. The highest BCUT2D eigenvalue weighted by atomic mass is 79.9. The monoisotopic (exact) mass is 283 g/mol. The highest BCUT2D eigenvalue weighted by Crippen LogP contribution is 2.24. The van der Waals surface area contributed by atoms with Crippen molar-refractivity contribution < 1.29 is 4.74 Å². The lowest BCUT2D eigenvalue weighted by Crippen LogP contribution is -2.37. The van der Waals surface area contributed by atoms with Crippen LogP contribution >= 0.6 is 15.9 Å². The Bertz CT molecular complexity index is 402. The third-order valence-electron chi connectivity index (χ3n) is 2.60. The molecular weight excluding hydrogens is 270 g/mol. The lowest BCUT2D eigenvalue weighted by molar-refractivity contribution is 0.122. The molecule has 1 aromatic rings. The molecule has 1 fully saturated rings. The Labute approximate surface area is 103 Å². The molecule has 4 nitrogen and oxygen atoms in total. The van der Waals surface area contributed by atoms with Crippen LogP contribution in [0.5, 0.6) is 0 Å². The van der Waals surface area contributed by atoms with Gasteiger partial charge in [-0.15, -0.1) is 0 Å². The van der Waals surface area contributed by atoms with E-state index in [4.69, 9.17) is 15.9 Å². The number of hydrogen-bond acceptors (Lipinski definition) is 3. The number of nitrogen functional groups attached to an aromatic ring is 1. The van der Waals surface area contributed by atoms with Crippen LogP contribution in [-0.4, -0.2) is 32.1 Å². The second kappa shape index (κ2) is 4.84. The molecule has 0 radical (unpaired) electrons. The molecule has 0 bridgehead atoms.